The average molecular weight is 313 g/mol. The first-order valence-electron chi connectivity index (χ1n) is 7.34. The lowest BCUT2D eigenvalue weighted by Gasteiger charge is -2.32. The van der Waals surface area contributed by atoms with Crippen LogP contribution in [0.2, 0.25) is 0 Å². The van der Waals surface area contributed by atoms with Crippen molar-refractivity contribution in [3.63, 3.8) is 0 Å². The molecule has 0 aromatic carbocycles. The van der Waals surface area contributed by atoms with Crippen LogP contribution >= 0.6 is 11.3 Å². The first-order valence-corrected chi connectivity index (χ1v) is 8.16. The molecule has 1 saturated heterocycles. The van der Waals surface area contributed by atoms with Crippen molar-refractivity contribution in [1.29, 1.82) is 0 Å². The number of nitrogens with one attached hydrogen (secondary N) is 2. The monoisotopic (exact) mass is 313 g/mol. The summed E-state index contributed by atoms with van der Waals surface area (Å²) in [5, 5.41) is 15.1. The summed E-state index contributed by atoms with van der Waals surface area (Å²) in [6.45, 7) is 4.43. The van der Waals surface area contributed by atoms with Crippen molar-refractivity contribution in [3.05, 3.63) is 0 Å². The number of hydrogen-bond donors (Lipinski definition) is 2. The maximum atomic E-state index is 11.7. The number of nitrogens with zero attached hydrogens (tertiary/aromatic N) is 3. The highest BCUT2D eigenvalue weighted by molar-refractivity contribution is 7.19. The SMILES string of the molecule is COCCCNC(=O)Nc1nnc(N2CCCCC2C)s1. The van der Waals surface area contributed by atoms with Gasteiger partial charge in [-0.15, -0.1) is 10.2 Å². The lowest BCUT2D eigenvalue weighted by atomic mass is 10.1. The maximum absolute atomic E-state index is 11.7. The maximum Gasteiger partial charge on any atom is 0.321 e. The molecule has 2 N–H and O–H groups in total. The largest absolute Gasteiger partial charge is 0.385 e. The molecule has 1 fully saturated rings. The molecule has 0 aliphatic carbocycles. The number of aromatic nitrogens is 2. The molecule has 7 nitrogen and oxygen atoms in total. The van der Waals surface area contributed by atoms with E-state index in [4.69, 9.17) is 4.74 Å². The number of urea groups is 1. The number of hydrogen-bond acceptors (Lipinski definition) is 6. The van der Waals surface area contributed by atoms with E-state index in [9.17, 15) is 4.79 Å². The van der Waals surface area contributed by atoms with Crippen LogP contribution in [0.25, 0.3) is 0 Å². The first-order chi connectivity index (χ1) is 10.2. The van der Waals surface area contributed by atoms with E-state index in [2.05, 4.69) is 32.7 Å². The molecule has 0 saturated carbocycles. The Labute approximate surface area is 129 Å². The predicted molar refractivity (Wildman–Crippen MR) is 84.1 cm³/mol. The van der Waals surface area contributed by atoms with Crippen LogP contribution in [0.4, 0.5) is 15.1 Å². The third-order valence-corrected chi connectivity index (χ3v) is 4.37. The second-order valence-electron chi connectivity index (χ2n) is 5.16. The molecule has 0 spiro atoms. The molecule has 1 aromatic heterocycles. The van der Waals surface area contributed by atoms with Gasteiger partial charge in [0, 0.05) is 32.8 Å². The van der Waals surface area contributed by atoms with Gasteiger partial charge in [-0.3, -0.25) is 5.32 Å². The summed E-state index contributed by atoms with van der Waals surface area (Å²) in [4.78, 5) is 14.0. The molecule has 0 radical (unpaired) electrons. The van der Waals surface area contributed by atoms with Crippen molar-refractivity contribution in [1.82, 2.24) is 15.5 Å². The molecule has 2 amide bonds. The second-order valence-corrected chi connectivity index (χ2v) is 6.11. The molecule has 21 heavy (non-hydrogen) atoms. The normalized spacial score (nSPS) is 18.6. The fourth-order valence-corrected chi connectivity index (χ4v) is 3.19. The van der Waals surface area contributed by atoms with E-state index in [1.165, 1.54) is 30.6 Å². The fourth-order valence-electron chi connectivity index (χ4n) is 2.32. The van der Waals surface area contributed by atoms with Crippen molar-refractivity contribution in [3.8, 4) is 0 Å². The Morgan fingerprint density at radius 1 is 1.48 bits per heavy atom. The van der Waals surface area contributed by atoms with E-state index < -0.39 is 0 Å². The highest BCUT2D eigenvalue weighted by Gasteiger charge is 2.22. The summed E-state index contributed by atoms with van der Waals surface area (Å²) in [6.07, 6.45) is 4.43. The van der Waals surface area contributed by atoms with Gasteiger partial charge >= 0.3 is 6.03 Å². The summed E-state index contributed by atoms with van der Waals surface area (Å²) in [6, 6.07) is 0.239. The van der Waals surface area contributed by atoms with Gasteiger partial charge in [0.2, 0.25) is 10.3 Å². The number of carbonyl (C=O) groups excluding carboxylic acids is 1. The van der Waals surface area contributed by atoms with Crippen LogP contribution in [0.3, 0.4) is 0 Å². The number of anilines is 2. The van der Waals surface area contributed by atoms with Crippen molar-refractivity contribution < 1.29 is 9.53 Å². The van der Waals surface area contributed by atoms with Gasteiger partial charge < -0.3 is 15.0 Å². The summed E-state index contributed by atoms with van der Waals surface area (Å²) < 4.78 is 4.92. The Morgan fingerprint density at radius 2 is 2.33 bits per heavy atom. The zero-order chi connectivity index (χ0) is 15.1. The zero-order valence-corrected chi connectivity index (χ0v) is 13.4. The van der Waals surface area contributed by atoms with E-state index in [1.54, 1.807) is 7.11 Å². The standard InChI is InChI=1S/C13H23N5O2S/c1-10-6-3-4-8-18(10)13-17-16-12(21-13)15-11(19)14-7-5-9-20-2/h10H,3-9H2,1-2H3,(H2,14,15,16,19). The molecule has 1 aromatic rings. The summed E-state index contributed by atoms with van der Waals surface area (Å²) in [7, 11) is 1.64. The summed E-state index contributed by atoms with van der Waals surface area (Å²) in [5.41, 5.74) is 0. The van der Waals surface area contributed by atoms with Crippen LogP contribution in [0.5, 0.6) is 0 Å². The highest BCUT2D eigenvalue weighted by atomic mass is 32.1. The van der Waals surface area contributed by atoms with Gasteiger partial charge in [-0.25, -0.2) is 4.79 Å². The van der Waals surface area contributed by atoms with E-state index >= 15 is 0 Å². The van der Waals surface area contributed by atoms with Gasteiger partial charge in [0.25, 0.3) is 0 Å². The van der Waals surface area contributed by atoms with Gasteiger partial charge in [0.1, 0.15) is 0 Å². The molecule has 1 aliphatic rings. The fraction of sp³-hybridized carbons (Fsp3) is 0.769. The number of carbonyl (C=O) groups is 1. The molecule has 2 heterocycles. The third kappa shape index (κ3) is 4.82. The van der Waals surface area contributed by atoms with E-state index in [-0.39, 0.29) is 6.03 Å². The lowest BCUT2D eigenvalue weighted by Crippen LogP contribution is -2.37. The number of amides is 2. The molecule has 0 bridgehead atoms. The molecule has 1 atom stereocenters. The van der Waals surface area contributed by atoms with Crippen molar-refractivity contribution in [2.24, 2.45) is 0 Å². The Hall–Kier alpha value is -1.41. The van der Waals surface area contributed by atoms with Crippen LogP contribution in [0.15, 0.2) is 0 Å². The molecule has 118 valence electrons. The van der Waals surface area contributed by atoms with Gasteiger partial charge in [-0.2, -0.15) is 0 Å². The van der Waals surface area contributed by atoms with Crippen molar-refractivity contribution >= 4 is 27.6 Å². The average Bonchev–Trinajstić information content (AvgIpc) is 2.92. The van der Waals surface area contributed by atoms with Gasteiger partial charge in [0.15, 0.2) is 0 Å². The summed E-state index contributed by atoms with van der Waals surface area (Å²) in [5.74, 6) is 0. The third-order valence-electron chi connectivity index (χ3n) is 3.49. The summed E-state index contributed by atoms with van der Waals surface area (Å²) >= 11 is 1.42. The molecular weight excluding hydrogens is 290 g/mol. The van der Waals surface area contributed by atoms with Crippen LogP contribution in [-0.2, 0) is 4.74 Å². The van der Waals surface area contributed by atoms with Crippen LogP contribution < -0.4 is 15.5 Å². The Morgan fingerprint density at radius 3 is 3.10 bits per heavy atom. The number of methoxy groups -OCH3 is 1. The number of rotatable bonds is 6. The zero-order valence-electron chi connectivity index (χ0n) is 12.6. The van der Waals surface area contributed by atoms with Gasteiger partial charge in [-0.05, 0) is 32.6 Å². The Kier molecular flexibility index (Phi) is 6.19. The first kappa shape index (κ1) is 16.0. The predicted octanol–water partition coefficient (Wildman–Crippen LogP) is 2.07. The number of ether oxygens (including phenoxy) is 1. The highest BCUT2D eigenvalue weighted by Crippen LogP contribution is 2.29. The van der Waals surface area contributed by atoms with E-state index in [0.717, 1.165) is 18.1 Å². The van der Waals surface area contributed by atoms with Gasteiger partial charge in [0.05, 0.1) is 0 Å². The topological polar surface area (TPSA) is 79.4 Å². The minimum Gasteiger partial charge on any atom is -0.385 e. The smallest absolute Gasteiger partial charge is 0.321 e. The minimum atomic E-state index is -0.250. The Bertz CT molecular complexity index is 454. The van der Waals surface area contributed by atoms with E-state index in [1.807, 2.05) is 0 Å². The van der Waals surface area contributed by atoms with Crippen LogP contribution in [0.1, 0.15) is 32.6 Å². The minimum absolute atomic E-state index is 0.250. The molecule has 2 rings (SSSR count). The number of piperidine rings is 1. The molecular formula is C13H23N5O2S. The van der Waals surface area contributed by atoms with Crippen molar-refractivity contribution in [2.75, 3.05) is 37.0 Å². The molecule has 8 heteroatoms. The molecule has 1 unspecified atom stereocenters. The quantitative estimate of drug-likeness (QED) is 0.786. The van der Waals surface area contributed by atoms with Gasteiger partial charge in [-0.1, -0.05) is 11.3 Å². The molecule has 1 aliphatic heterocycles. The lowest BCUT2D eigenvalue weighted by molar-refractivity contribution is 0.194. The van der Waals surface area contributed by atoms with Crippen LogP contribution in [0, 0.1) is 0 Å². The van der Waals surface area contributed by atoms with E-state index in [0.29, 0.717) is 24.3 Å². The van der Waals surface area contributed by atoms with Crippen molar-refractivity contribution in [2.45, 2.75) is 38.6 Å². The van der Waals surface area contributed by atoms with Crippen LogP contribution in [-0.4, -0.2) is 49.1 Å². The Balaban J connectivity index is 1.81. The second kappa shape index (κ2) is 8.14.